The Morgan fingerprint density at radius 1 is 1.06 bits per heavy atom. The number of hydrogen-bond acceptors (Lipinski definition) is 5. The number of Topliss-reactive ketones (excluding diaryl/α,β-unsaturated/α-hetero) is 1. The Balaban J connectivity index is 1.58. The second kappa shape index (κ2) is 9.30. The lowest BCUT2D eigenvalue weighted by molar-refractivity contribution is -0.119. The molecule has 3 N–H and O–H groups in total. The van der Waals surface area contributed by atoms with Crippen LogP contribution in [0.2, 0.25) is 10.0 Å². The highest BCUT2D eigenvalue weighted by atomic mass is 35.5. The predicted octanol–water partition coefficient (Wildman–Crippen LogP) is 4.89. The molecule has 164 valence electrons. The summed E-state index contributed by atoms with van der Waals surface area (Å²) in [5, 5.41) is 3.47. The Morgan fingerprint density at radius 3 is 2.59 bits per heavy atom. The third-order valence-electron chi connectivity index (χ3n) is 5.16. The number of carbonyl (C=O) groups excluding carboxylic acids is 2. The van der Waals surface area contributed by atoms with Crippen LogP contribution in [0.3, 0.4) is 0 Å². The molecule has 0 aliphatic carbocycles. The van der Waals surface area contributed by atoms with Gasteiger partial charge in [-0.25, -0.2) is 0 Å². The van der Waals surface area contributed by atoms with E-state index in [0.29, 0.717) is 22.0 Å². The Morgan fingerprint density at radius 2 is 1.84 bits per heavy atom. The lowest BCUT2D eigenvalue weighted by Gasteiger charge is -2.15. The summed E-state index contributed by atoms with van der Waals surface area (Å²) in [6.07, 6.45) is -0.890. The van der Waals surface area contributed by atoms with Gasteiger partial charge in [-0.15, -0.1) is 0 Å². The third kappa shape index (κ3) is 4.49. The van der Waals surface area contributed by atoms with Crippen LogP contribution in [0.4, 0.5) is 5.69 Å². The monoisotopic (exact) mass is 470 g/mol. The number of benzene rings is 3. The second-order valence-electron chi connectivity index (χ2n) is 7.37. The normalized spacial score (nSPS) is 16.9. The standard InChI is InChI=1S/C24H20Cl2N2O4/c1-31-12-21(29)28-16-4-2-3-13(9-16)14-5-7-18-20(10-14)32-24(22(18)27)23(30)17-8-6-15(25)11-19(17)26/h2-11,22,24H,12,27H2,1H3,(H,28,29). The second-order valence-corrected chi connectivity index (χ2v) is 8.21. The van der Waals surface area contributed by atoms with Crippen molar-refractivity contribution in [2.24, 2.45) is 5.73 Å². The maximum atomic E-state index is 13.0. The average molecular weight is 471 g/mol. The lowest BCUT2D eigenvalue weighted by atomic mass is 9.96. The molecule has 0 spiro atoms. The van der Waals surface area contributed by atoms with Gasteiger partial charge in [0.05, 0.1) is 11.1 Å². The summed E-state index contributed by atoms with van der Waals surface area (Å²) < 4.78 is 10.8. The van der Waals surface area contributed by atoms with Crippen molar-refractivity contribution in [1.29, 1.82) is 0 Å². The highest BCUT2D eigenvalue weighted by molar-refractivity contribution is 6.37. The first-order valence-electron chi connectivity index (χ1n) is 9.82. The summed E-state index contributed by atoms with van der Waals surface area (Å²) in [6, 6.07) is 17.0. The summed E-state index contributed by atoms with van der Waals surface area (Å²) in [5.41, 5.74) is 9.75. The van der Waals surface area contributed by atoms with E-state index < -0.39 is 12.1 Å². The molecule has 2 atom stereocenters. The molecule has 1 heterocycles. The molecule has 0 aromatic heterocycles. The molecule has 4 rings (SSSR count). The van der Waals surface area contributed by atoms with Crippen LogP contribution in [0.25, 0.3) is 11.1 Å². The SMILES string of the molecule is COCC(=O)Nc1cccc(-c2ccc3c(c2)OC(C(=O)c2ccc(Cl)cc2Cl)C3N)c1. The van der Waals surface area contributed by atoms with E-state index in [9.17, 15) is 9.59 Å². The summed E-state index contributed by atoms with van der Waals surface area (Å²) in [7, 11) is 1.46. The van der Waals surface area contributed by atoms with Crippen LogP contribution in [-0.2, 0) is 9.53 Å². The van der Waals surface area contributed by atoms with E-state index in [1.807, 2.05) is 36.4 Å². The number of anilines is 1. The van der Waals surface area contributed by atoms with Crippen LogP contribution in [0.1, 0.15) is 22.0 Å². The molecule has 3 aromatic carbocycles. The fourth-order valence-electron chi connectivity index (χ4n) is 3.63. The predicted molar refractivity (Wildman–Crippen MR) is 125 cm³/mol. The molecule has 0 bridgehead atoms. The number of halogens is 2. The van der Waals surface area contributed by atoms with Gasteiger partial charge in [0, 0.05) is 28.9 Å². The fraction of sp³-hybridized carbons (Fsp3) is 0.167. The van der Waals surface area contributed by atoms with E-state index in [1.165, 1.54) is 13.2 Å². The number of nitrogens with one attached hydrogen (secondary N) is 1. The number of amides is 1. The van der Waals surface area contributed by atoms with Gasteiger partial charge in [0.15, 0.2) is 6.10 Å². The number of ketones is 1. The summed E-state index contributed by atoms with van der Waals surface area (Å²) >= 11 is 12.1. The molecule has 32 heavy (non-hydrogen) atoms. The van der Waals surface area contributed by atoms with Gasteiger partial charge in [0.1, 0.15) is 12.4 Å². The Kier molecular flexibility index (Phi) is 6.48. The molecule has 6 nitrogen and oxygen atoms in total. The number of rotatable bonds is 6. The molecule has 1 aliphatic rings. The van der Waals surface area contributed by atoms with E-state index in [0.717, 1.165) is 16.7 Å². The zero-order chi connectivity index (χ0) is 22.8. The lowest BCUT2D eigenvalue weighted by Crippen LogP contribution is -2.33. The highest BCUT2D eigenvalue weighted by Gasteiger charge is 2.38. The van der Waals surface area contributed by atoms with Crippen molar-refractivity contribution >= 4 is 40.6 Å². The molecule has 1 aliphatic heterocycles. The van der Waals surface area contributed by atoms with Gasteiger partial charge in [-0.3, -0.25) is 9.59 Å². The van der Waals surface area contributed by atoms with Gasteiger partial charge in [0.2, 0.25) is 11.7 Å². The quantitative estimate of drug-likeness (QED) is 0.500. The molecular formula is C24H20Cl2N2O4. The van der Waals surface area contributed by atoms with E-state index >= 15 is 0 Å². The van der Waals surface area contributed by atoms with Gasteiger partial charge in [-0.1, -0.05) is 47.5 Å². The van der Waals surface area contributed by atoms with Gasteiger partial charge < -0.3 is 20.5 Å². The number of hydrogen-bond donors (Lipinski definition) is 2. The highest BCUT2D eigenvalue weighted by Crippen LogP contribution is 2.40. The van der Waals surface area contributed by atoms with Crippen molar-refractivity contribution in [2.45, 2.75) is 12.1 Å². The minimum Gasteiger partial charge on any atom is -0.480 e. The van der Waals surface area contributed by atoms with Gasteiger partial charge >= 0.3 is 0 Å². The third-order valence-corrected chi connectivity index (χ3v) is 5.71. The minimum atomic E-state index is -0.890. The molecule has 0 radical (unpaired) electrons. The first-order chi connectivity index (χ1) is 15.4. The van der Waals surface area contributed by atoms with Gasteiger partial charge in [-0.05, 0) is 47.5 Å². The van der Waals surface area contributed by atoms with Crippen molar-refractivity contribution in [1.82, 2.24) is 0 Å². The first-order valence-corrected chi connectivity index (χ1v) is 10.6. The molecule has 2 unspecified atom stereocenters. The fourth-order valence-corrected chi connectivity index (χ4v) is 4.13. The molecule has 1 amide bonds. The van der Waals surface area contributed by atoms with E-state index in [2.05, 4.69) is 5.32 Å². The van der Waals surface area contributed by atoms with Crippen LogP contribution in [0.5, 0.6) is 5.75 Å². The van der Waals surface area contributed by atoms with Gasteiger partial charge in [-0.2, -0.15) is 0 Å². The maximum absolute atomic E-state index is 13.0. The van der Waals surface area contributed by atoms with Gasteiger partial charge in [0.25, 0.3) is 0 Å². The topological polar surface area (TPSA) is 90.6 Å². The number of ether oxygens (including phenoxy) is 2. The molecular weight excluding hydrogens is 451 g/mol. The van der Waals surface area contributed by atoms with Crippen molar-refractivity contribution in [2.75, 3.05) is 19.0 Å². The Hall–Kier alpha value is -2.90. The van der Waals surface area contributed by atoms with E-state index in [-0.39, 0.29) is 23.3 Å². The molecule has 0 saturated heterocycles. The van der Waals surface area contributed by atoms with Crippen LogP contribution < -0.4 is 15.8 Å². The van der Waals surface area contributed by atoms with Crippen LogP contribution in [-0.4, -0.2) is 31.5 Å². The van der Waals surface area contributed by atoms with Crippen molar-refractivity contribution in [3.05, 3.63) is 81.8 Å². The van der Waals surface area contributed by atoms with Crippen LogP contribution >= 0.6 is 23.2 Å². The van der Waals surface area contributed by atoms with Crippen LogP contribution in [0, 0.1) is 0 Å². The number of carbonyl (C=O) groups is 2. The number of nitrogens with two attached hydrogens (primary N) is 1. The van der Waals surface area contributed by atoms with Crippen LogP contribution in [0.15, 0.2) is 60.7 Å². The molecule has 8 heteroatoms. The number of methoxy groups -OCH3 is 1. The van der Waals surface area contributed by atoms with Crippen molar-refractivity contribution in [3.63, 3.8) is 0 Å². The molecule has 3 aromatic rings. The molecule has 0 fully saturated rings. The average Bonchev–Trinajstić information content (AvgIpc) is 3.09. The van der Waals surface area contributed by atoms with E-state index in [1.54, 1.807) is 18.2 Å². The largest absolute Gasteiger partial charge is 0.480 e. The maximum Gasteiger partial charge on any atom is 0.250 e. The summed E-state index contributed by atoms with van der Waals surface area (Å²) in [6.45, 7) is -0.0259. The minimum absolute atomic E-state index is 0.0259. The Bertz CT molecular complexity index is 1200. The number of fused-ring (bicyclic) bond motifs is 1. The summed E-state index contributed by atoms with van der Waals surface area (Å²) in [4.78, 5) is 24.8. The van der Waals surface area contributed by atoms with Crippen molar-refractivity contribution in [3.8, 4) is 16.9 Å². The zero-order valence-corrected chi connectivity index (χ0v) is 18.6. The van der Waals surface area contributed by atoms with E-state index in [4.69, 9.17) is 38.4 Å². The Labute approximate surface area is 195 Å². The summed E-state index contributed by atoms with van der Waals surface area (Å²) in [5.74, 6) is -0.0119. The molecule has 0 saturated carbocycles. The zero-order valence-electron chi connectivity index (χ0n) is 17.1. The van der Waals surface area contributed by atoms with Crippen molar-refractivity contribution < 1.29 is 19.1 Å². The first kappa shape index (κ1) is 22.3. The smallest absolute Gasteiger partial charge is 0.250 e.